The van der Waals surface area contributed by atoms with Crippen LogP contribution in [0.15, 0.2) is 40.9 Å². The Morgan fingerprint density at radius 1 is 1.32 bits per heavy atom. The molecule has 0 unspecified atom stereocenters. The molecule has 0 spiro atoms. The average Bonchev–Trinajstić information content (AvgIpc) is 2.38. The molecule has 2 aromatic carbocycles. The smallest absolute Gasteiger partial charge is 0.258 e. The summed E-state index contributed by atoms with van der Waals surface area (Å²) in [6, 6.07) is 9.32. The van der Waals surface area contributed by atoms with Crippen LogP contribution in [-0.2, 0) is 0 Å². The van der Waals surface area contributed by atoms with E-state index in [0.717, 1.165) is 10.0 Å². The molecule has 0 radical (unpaired) electrons. The molecule has 0 saturated heterocycles. The molecule has 3 N–H and O–H groups in total. The van der Waals surface area contributed by atoms with Gasteiger partial charge in [0.05, 0.1) is 5.56 Å². The van der Waals surface area contributed by atoms with Gasteiger partial charge < -0.3 is 11.1 Å². The minimum absolute atomic E-state index is 0.0700. The van der Waals surface area contributed by atoms with Gasteiger partial charge in [0.1, 0.15) is 5.82 Å². The Hall–Kier alpha value is -1.88. The minimum atomic E-state index is -0.598. The van der Waals surface area contributed by atoms with Crippen LogP contribution in [-0.4, -0.2) is 5.91 Å². The molecule has 19 heavy (non-hydrogen) atoms. The lowest BCUT2D eigenvalue weighted by Crippen LogP contribution is -2.15. The summed E-state index contributed by atoms with van der Waals surface area (Å²) >= 11 is 3.37. The third-order valence-electron chi connectivity index (χ3n) is 2.75. The molecule has 0 fully saturated rings. The van der Waals surface area contributed by atoms with E-state index in [9.17, 15) is 9.18 Å². The third kappa shape index (κ3) is 2.93. The van der Waals surface area contributed by atoms with Crippen molar-refractivity contribution in [2.45, 2.75) is 6.92 Å². The molecule has 0 aliphatic rings. The van der Waals surface area contributed by atoms with Gasteiger partial charge in [-0.2, -0.15) is 0 Å². The number of carbonyl (C=O) groups excluding carboxylic acids is 1. The number of rotatable bonds is 2. The van der Waals surface area contributed by atoms with Gasteiger partial charge in [0.15, 0.2) is 0 Å². The van der Waals surface area contributed by atoms with Crippen molar-refractivity contribution in [2.75, 3.05) is 11.1 Å². The van der Waals surface area contributed by atoms with Gasteiger partial charge >= 0.3 is 0 Å². The maximum Gasteiger partial charge on any atom is 0.258 e. The highest BCUT2D eigenvalue weighted by Crippen LogP contribution is 2.24. The quantitative estimate of drug-likeness (QED) is 0.828. The molecule has 98 valence electrons. The second kappa shape index (κ2) is 5.40. The number of anilines is 2. The van der Waals surface area contributed by atoms with Crippen molar-refractivity contribution in [2.24, 2.45) is 0 Å². The lowest BCUT2D eigenvalue weighted by atomic mass is 10.1. The van der Waals surface area contributed by atoms with Crippen LogP contribution in [0.4, 0.5) is 15.8 Å². The van der Waals surface area contributed by atoms with E-state index < -0.39 is 11.7 Å². The second-order valence-corrected chi connectivity index (χ2v) is 4.96. The summed E-state index contributed by atoms with van der Waals surface area (Å²) in [7, 11) is 0. The first-order valence-electron chi connectivity index (χ1n) is 5.60. The monoisotopic (exact) mass is 322 g/mol. The Kier molecular flexibility index (Phi) is 3.85. The number of nitrogens with one attached hydrogen (secondary N) is 1. The Morgan fingerprint density at radius 2 is 2.05 bits per heavy atom. The highest BCUT2D eigenvalue weighted by atomic mass is 79.9. The molecular weight excluding hydrogens is 311 g/mol. The molecular formula is C14H12BrFN2O. The summed E-state index contributed by atoms with van der Waals surface area (Å²) in [5.41, 5.74) is 7.33. The van der Waals surface area contributed by atoms with Crippen LogP contribution in [0.5, 0.6) is 0 Å². The summed E-state index contributed by atoms with van der Waals surface area (Å²) < 4.78 is 14.5. The lowest BCUT2D eigenvalue weighted by molar-refractivity contribution is 0.102. The van der Waals surface area contributed by atoms with E-state index in [1.807, 2.05) is 13.0 Å². The number of carbonyl (C=O) groups is 1. The van der Waals surface area contributed by atoms with Gasteiger partial charge in [-0.1, -0.05) is 22.0 Å². The molecule has 0 heterocycles. The first-order valence-corrected chi connectivity index (χ1v) is 6.40. The number of hydrogen-bond acceptors (Lipinski definition) is 2. The molecule has 2 aromatic rings. The summed E-state index contributed by atoms with van der Waals surface area (Å²) in [4.78, 5) is 12.0. The first-order chi connectivity index (χ1) is 8.99. The van der Waals surface area contributed by atoms with E-state index in [2.05, 4.69) is 21.2 Å². The number of amides is 1. The van der Waals surface area contributed by atoms with Crippen molar-refractivity contribution < 1.29 is 9.18 Å². The van der Waals surface area contributed by atoms with Gasteiger partial charge in [-0.3, -0.25) is 4.79 Å². The van der Waals surface area contributed by atoms with E-state index in [4.69, 9.17) is 5.73 Å². The largest absolute Gasteiger partial charge is 0.399 e. The van der Waals surface area contributed by atoms with E-state index in [1.54, 1.807) is 12.1 Å². The number of nitrogen functional groups attached to an aromatic ring is 1. The lowest BCUT2D eigenvalue weighted by Gasteiger charge is -2.10. The molecule has 2 rings (SSSR count). The fourth-order valence-electron chi connectivity index (χ4n) is 1.65. The zero-order valence-corrected chi connectivity index (χ0v) is 11.8. The van der Waals surface area contributed by atoms with Gasteiger partial charge in [0, 0.05) is 15.8 Å². The third-order valence-corrected chi connectivity index (χ3v) is 3.61. The van der Waals surface area contributed by atoms with E-state index in [1.165, 1.54) is 18.2 Å². The van der Waals surface area contributed by atoms with Crippen LogP contribution in [0, 0.1) is 12.7 Å². The summed E-state index contributed by atoms with van der Waals surface area (Å²) in [5, 5.41) is 2.67. The number of hydrogen-bond donors (Lipinski definition) is 2. The molecule has 5 heteroatoms. The number of nitrogens with two attached hydrogens (primary N) is 1. The fourth-order valence-corrected chi connectivity index (χ4v) is 2.02. The van der Waals surface area contributed by atoms with Crippen LogP contribution in [0.2, 0.25) is 0 Å². The zero-order valence-electron chi connectivity index (χ0n) is 10.2. The Balaban J connectivity index is 2.31. The average molecular weight is 323 g/mol. The van der Waals surface area contributed by atoms with Gasteiger partial charge in [-0.05, 0) is 42.8 Å². The highest BCUT2D eigenvalue weighted by molar-refractivity contribution is 9.10. The number of halogens is 2. The zero-order chi connectivity index (χ0) is 14.0. The summed E-state index contributed by atoms with van der Waals surface area (Å²) in [6.07, 6.45) is 0. The Morgan fingerprint density at radius 3 is 2.79 bits per heavy atom. The van der Waals surface area contributed by atoms with Crippen molar-refractivity contribution in [3.05, 3.63) is 57.8 Å². The van der Waals surface area contributed by atoms with Gasteiger partial charge in [0.2, 0.25) is 0 Å². The molecule has 0 bridgehead atoms. The molecule has 0 atom stereocenters. The SMILES string of the molecule is Cc1c(Br)cccc1NC(=O)c1cc(N)ccc1F. The normalized spacial score (nSPS) is 10.3. The predicted molar refractivity (Wildman–Crippen MR) is 77.6 cm³/mol. The Labute approximate surface area is 118 Å². The number of benzene rings is 2. The van der Waals surface area contributed by atoms with Crippen LogP contribution in [0.1, 0.15) is 15.9 Å². The predicted octanol–water partition coefficient (Wildman–Crippen LogP) is 3.73. The maximum atomic E-state index is 13.6. The van der Waals surface area contributed by atoms with E-state index in [0.29, 0.717) is 11.4 Å². The van der Waals surface area contributed by atoms with Crippen molar-refractivity contribution in [3.8, 4) is 0 Å². The second-order valence-electron chi connectivity index (χ2n) is 4.11. The first kappa shape index (κ1) is 13.5. The Bertz CT molecular complexity index is 643. The molecule has 0 aliphatic carbocycles. The van der Waals surface area contributed by atoms with E-state index >= 15 is 0 Å². The molecule has 0 saturated carbocycles. The standard InChI is InChI=1S/C14H12BrFN2O/c1-8-11(15)3-2-4-13(8)18-14(19)10-7-9(17)5-6-12(10)16/h2-7H,17H2,1H3,(H,18,19). The molecule has 0 aliphatic heterocycles. The van der Waals surface area contributed by atoms with Crippen LogP contribution in [0.3, 0.4) is 0 Å². The van der Waals surface area contributed by atoms with Crippen molar-refractivity contribution in [1.29, 1.82) is 0 Å². The minimum Gasteiger partial charge on any atom is -0.399 e. The molecule has 0 aromatic heterocycles. The highest BCUT2D eigenvalue weighted by Gasteiger charge is 2.13. The van der Waals surface area contributed by atoms with Crippen LogP contribution >= 0.6 is 15.9 Å². The van der Waals surface area contributed by atoms with Crippen molar-refractivity contribution >= 4 is 33.2 Å². The van der Waals surface area contributed by atoms with E-state index in [-0.39, 0.29) is 5.56 Å². The van der Waals surface area contributed by atoms with Crippen molar-refractivity contribution in [1.82, 2.24) is 0 Å². The summed E-state index contributed by atoms with van der Waals surface area (Å²) in [5.74, 6) is -1.12. The maximum absolute atomic E-state index is 13.6. The molecule has 1 amide bonds. The van der Waals surface area contributed by atoms with Crippen molar-refractivity contribution in [3.63, 3.8) is 0 Å². The fraction of sp³-hybridized carbons (Fsp3) is 0.0714. The van der Waals surface area contributed by atoms with Gasteiger partial charge in [0.25, 0.3) is 5.91 Å². The van der Waals surface area contributed by atoms with Crippen LogP contribution < -0.4 is 11.1 Å². The van der Waals surface area contributed by atoms with Gasteiger partial charge in [-0.25, -0.2) is 4.39 Å². The van der Waals surface area contributed by atoms with Crippen LogP contribution in [0.25, 0.3) is 0 Å². The van der Waals surface area contributed by atoms with Gasteiger partial charge in [-0.15, -0.1) is 0 Å². The molecule has 3 nitrogen and oxygen atoms in total. The summed E-state index contributed by atoms with van der Waals surface area (Å²) in [6.45, 7) is 1.86. The topological polar surface area (TPSA) is 55.1 Å².